The second-order valence-electron chi connectivity index (χ2n) is 0. The molecule has 0 amide bonds. The summed E-state index contributed by atoms with van der Waals surface area (Å²) in [5.41, 5.74) is 0. The summed E-state index contributed by atoms with van der Waals surface area (Å²) >= 11 is 0. The van der Waals surface area contributed by atoms with Gasteiger partial charge in [-0.25, -0.2) is 0 Å². The van der Waals surface area contributed by atoms with Crippen molar-refractivity contribution in [3.63, 3.8) is 0 Å². The van der Waals surface area contributed by atoms with Crippen LogP contribution < -0.4 is 0 Å². The average molecular weight is 165 g/mol. The van der Waals surface area contributed by atoms with Gasteiger partial charge in [0.2, 0.25) is 0 Å². The third-order valence-corrected chi connectivity index (χ3v) is 0. The maximum absolute atomic E-state index is 0. The van der Waals surface area contributed by atoms with Gasteiger partial charge in [-0.3, -0.25) is 0 Å². The van der Waals surface area contributed by atoms with Crippen LogP contribution in [0.15, 0.2) is 0 Å². The molecule has 0 radical (unpaired) electrons. The van der Waals surface area contributed by atoms with Crippen molar-refractivity contribution >= 4 is 131 Å². The summed E-state index contributed by atoms with van der Waals surface area (Å²) < 4.78 is 0. The van der Waals surface area contributed by atoms with E-state index in [0.717, 1.165) is 0 Å². The van der Waals surface area contributed by atoms with Crippen LogP contribution in [0.25, 0.3) is 0 Å². The smallest absolute Gasteiger partial charge is 0.412 e. The van der Waals surface area contributed by atoms with Crippen molar-refractivity contribution in [2.75, 3.05) is 0 Å². The van der Waals surface area contributed by atoms with E-state index in [2.05, 4.69) is 0 Å². The van der Waals surface area contributed by atoms with Gasteiger partial charge in [-0.05, 0) is 0 Å². The zero-order valence-electron chi connectivity index (χ0n) is 3.20. The Morgan fingerprint density at radius 1 is 0.600 bits per heavy atom. The first-order valence-electron chi connectivity index (χ1n) is 0. The first kappa shape index (κ1) is 34.8. The fourth-order valence-electron chi connectivity index (χ4n) is 0. The summed E-state index contributed by atoms with van der Waals surface area (Å²) in [4.78, 5) is 0. The Morgan fingerprint density at radius 2 is 0.600 bits per heavy atom. The first-order chi connectivity index (χ1) is 0. The van der Waals surface area contributed by atoms with Gasteiger partial charge in [0.25, 0.3) is 0 Å². The Morgan fingerprint density at radius 3 is 0.600 bits per heavy atom. The summed E-state index contributed by atoms with van der Waals surface area (Å²) in [6.45, 7) is 0. The molecule has 0 saturated heterocycles. The van der Waals surface area contributed by atoms with Crippen molar-refractivity contribution in [3.8, 4) is 0 Å². The normalized spacial score (nSPS) is 0. The van der Waals surface area contributed by atoms with Gasteiger partial charge >= 0.3 is 131 Å². The van der Waals surface area contributed by atoms with E-state index in [4.69, 9.17) is 0 Å². The van der Waals surface area contributed by atoms with Crippen LogP contribution >= 0.6 is 0 Å². The van der Waals surface area contributed by atoms with Gasteiger partial charge in [-0.15, -0.1) is 0 Å². The van der Waals surface area contributed by atoms with Crippen LogP contribution in [0.5, 0.6) is 0 Å². The van der Waals surface area contributed by atoms with Crippen LogP contribution in [0.3, 0.4) is 0 Å². The topological polar surface area (TPSA) is 31.5 Å². The predicted molar refractivity (Wildman–Crippen MR) is 26.6 cm³/mol. The second-order valence-corrected chi connectivity index (χ2v) is 0. The van der Waals surface area contributed by atoms with E-state index in [1.807, 2.05) is 0 Å². The van der Waals surface area contributed by atoms with Gasteiger partial charge in [-0.2, -0.15) is 0 Å². The van der Waals surface area contributed by atoms with Crippen molar-refractivity contribution in [3.05, 3.63) is 0 Å². The zero-order chi connectivity index (χ0) is 0. The molecule has 0 spiro atoms. The fourth-order valence-corrected chi connectivity index (χ4v) is 0. The summed E-state index contributed by atoms with van der Waals surface area (Å²) in [5, 5.41) is 0. The molecule has 8 valence electrons. The molecule has 0 aliphatic heterocycles. The van der Waals surface area contributed by atoms with Crippen LogP contribution in [0, 0.1) is 0 Å². The Bertz CT molecular complexity index is 6.85. The van der Waals surface area contributed by atoms with Gasteiger partial charge < -0.3 is 5.48 Å². The van der Waals surface area contributed by atoms with Crippen molar-refractivity contribution in [1.29, 1.82) is 0 Å². The maximum Gasteiger partial charge on any atom is 3.00 e. The molecule has 5 heteroatoms. The Balaban J connectivity index is 0. The summed E-state index contributed by atoms with van der Waals surface area (Å²) in [7, 11) is 0. The molecule has 0 rings (SSSR count). The summed E-state index contributed by atoms with van der Waals surface area (Å²) in [6, 6.07) is 0. The minimum absolute atomic E-state index is 0. The van der Waals surface area contributed by atoms with E-state index < -0.39 is 0 Å². The molecule has 1 nitrogen and oxygen atoms in total. The number of rotatable bonds is 0. The molecule has 0 atom stereocenters. The molecule has 0 bridgehead atoms. The van der Waals surface area contributed by atoms with Crippen LogP contribution in [0.4, 0.5) is 0 Å². The van der Waals surface area contributed by atoms with Gasteiger partial charge in [0, 0.05) is 0 Å². The molecule has 0 aromatic heterocycles. The standard InChI is InChI=1S/Al.3Ca.H2O/h;;;;1H2/q+3;3*+2;. The van der Waals surface area contributed by atoms with Crippen molar-refractivity contribution < 1.29 is 5.48 Å². The zero-order valence-corrected chi connectivity index (χ0v) is 11.0. The fraction of sp³-hybridized carbons (Fsp3) is 0. The van der Waals surface area contributed by atoms with Crippen molar-refractivity contribution in [1.82, 2.24) is 0 Å². The van der Waals surface area contributed by atoms with Crippen molar-refractivity contribution in [2.45, 2.75) is 0 Å². The molecule has 0 aliphatic rings. The van der Waals surface area contributed by atoms with E-state index in [9.17, 15) is 0 Å². The molecule has 0 heterocycles. The molecule has 0 aromatic rings. The third kappa shape index (κ3) is 17.8. The monoisotopic (exact) mass is 165 g/mol. The SMILES string of the molecule is O.[Al+3].[Ca+2].[Ca+2].[Ca+2]. The van der Waals surface area contributed by atoms with Gasteiger partial charge in [0.1, 0.15) is 0 Å². The summed E-state index contributed by atoms with van der Waals surface area (Å²) in [6.07, 6.45) is 0. The molecule has 0 aliphatic carbocycles. The number of hydrogen-bond donors (Lipinski definition) is 0. The van der Waals surface area contributed by atoms with E-state index >= 15 is 0 Å². The van der Waals surface area contributed by atoms with Crippen LogP contribution in [0.2, 0.25) is 0 Å². The molecule has 0 fully saturated rings. The predicted octanol–water partition coefficient (Wildman–Crippen LogP) is -2.35. The van der Waals surface area contributed by atoms with Crippen LogP contribution in [-0.2, 0) is 0 Å². The minimum Gasteiger partial charge on any atom is -0.412 e. The summed E-state index contributed by atoms with van der Waals surface area (Å²) in [5.74, 6) is 0. The van der Waals surface area contributed by atoms with E-state index in [1.165, 1.54) is 0 Å². The van der Waals surface area contributed by atoms with Crippen LogP contribution in [-0.4, -0.2) is 136 Å². The van der Waals surface area contributed by atoms with Crippen molar-refractivity contribution in [2.24, 2.45) is 0 Å². The average Bonchev–Trinajstić information content (AvgIpc) is 0. The molecule has 2 N–H and O–H groups in total. The van der Waals surface area contributed by atoms with E-state index in [1.54, 1.807) is 0 Å². The largest absolute Gasteiger partial charge is 3.00 e. The maximum atomic E-state index is 0. The Labute approximate surface area is 132 Å². The van der Waals surface area contributed by atoms with Gasteiger partial charge in [0.05, 0.1) is 0 Å². The van der Waals surface area contributed by atoms with Gasteiger partial charge in [0.15, 0.2) is 0 Å². The van der Waals surface area contributed by atoms with Crippen LogP contribution in [0.1, 0.15) is 0 Å². The quantitative estimate of drug-likeness (QED) is 0.360. The molecule has 5 heavy (non-hydrogen) atoms. The second kappa shape index (κ2) is 24.0. The molecule has 0 saturated carbocycles. The molecular formula is H2AlCa3O+9. The Hall–Kier alpha value is 4.27. The Kier molecular flexibility index (Phi) is 167. The molecular weight excluding hydrogens is 163 g/mol. The third-order valence-electron chi connectivity index (χ3n) is 0. The number of hydrogen-bond acceptors (Lipinski definition) is 0. The molecule has 0 unspecified atom stereocenters. The molecule has 0 aromatic carbocycles. The van der Waals surface area contributed by atoms with Gasteiger partial charge in [-0.1, -0.05) is 0 Å². The first-order valence-corrected chi connectivity index (χ1v) is 0. The minimum atomic E-state index is 0. The van der Waals surface area contributed by atoms with E-state index in [0.29, 0.717) is 0 Å². The van der Waals surface area contributed by atoms with E-state index in [-0.39, 0.29) is 136 Å².